The van der Waals surface area contributed by atoms with Crippen molar-refractivity contribution < 1.29 is 19.5 Å². The van der Waals surface area contributed by atoms with Gasteiger partial charge in [-0.1, -0.05) is 111 Å². The molecule has 8 heteroatoms. The van der Waals surface area contributed by atoms with Gasteiger partial charge in [0.15, 0.2) is 0 Å². The highest BCUT2D eigenvalue weighted by molar-refractivity contribution is 7.98. The van der Waals surface area contributed by atoms with Gasteiger partial charge in [-0.2, -0.15) is 11.8 Å². The molecule has 0 saturated carbocycles. The quantitative estimate of drug-likeness (QED) is 0.116. The fourth-order valence-corrected chi connectivity index (χ4v) is 6.49. The monoisotopic (exact) mass is 653 g/mol. The van der Waals surface area contributed by atoms with Gasteiger partial charge in [0, 0.05) is 19.1 Å². The summed E-state index contributed by atoms with van der Waals surface area (Å²) in [4.78, 5) is 40.8. The maximum atomic E-state index is 13.6. The van der Waals surface area contributed by atoms with Gasteiger partial charge in [-0.05, 0) is 70.2 Å². The third kappa shape index (κ3) is 11.6. The van der Waals surface area contributed by atoms with Gasteiger partial charge < -0.3 is 15.7 Å². The van der Waals surface area contributed by atoms with Crippen LogP contribution < -0.4 is 10.6 Å². The summed E-state index contributed by atoms with van der Waals surface area (Å²) in [6.45, 7) is 5.17. The number of thioether (sulfide) groups is 1. The highest BCUT2D eigenvalue weighted by Gasteiger charge is 2.24. The number of hydrogen-bond acceptors (Lipinski definition) is 5. The van der Waals surface area contributed by atoms with Crippen LogP contribution in [0.1, 0.15) is 48.9 Å². The lowest BCUT2D eigenvalue weighted by atomic mass is 9.97. The van der Waals surface area contributed by atoms with Crippen LogP contribution in [0.5, 0.6) is 0 Å². The van der Waals surface area contributed by atoms with Crippen LogP contribution in [0.25, 0.3) is 10.8 Å². The van der Waals surface area contributed by atoms with Crippen molar-refractivity contribution in [3.05, 3.63) is 119 Å². The number of aliphatic carboxylic acids is 1. The second-order valence-corrected chi connectivity index (χ2v) is 13.5. The van der Waals surface area contributed by atoms with E-state index in [0.717, 1.165) is 40.3 Å². The Balaban J connectivity index is 1.53. The average Bonchev–Trinajstić information content (AvgIpc) is 3.04. The molecule has 0 saturated heterocycles. The summed E-state index contributed by atoms with van der Waals surface area (Å²) in [7, 11) is 0. The van der Waals surface area contributed by atoms with Gasteiger partial charge in [0.2, 0.25) is 11.8 Å². The van der Waals surface area contributed by atoms with Crippen LogP contribution in [-0.2, 0) is 33.8 Å². The molecule has 0 bridgehead atoms. The molecule has 0 aliphatic heterocycles. The number of rotatable bonds is 18. The number of carbonyl (C=O) groups excluding carboxylic acids is 2. The number of amides is 2. The second-order valence-electron chi connectivity index (χ2n) is 12.5. The van der Waals surface area contributed by atoms with Crippen molar-refractivity contribution in [2.45, 2.75) is 58.2 Å². The first kappa shape index (κ1) is 35.7. The van der Waals surface area contributed by atoms with E-state index in [9.17, 15) is 19.5 Å². The van der Waals surface area contributed by atoms with Gasteiger partial charge in [0.1, 0.15) is 6.04 Å². The molecule has 2 atom stereocenters. The molecule has 3 N–H and O–H groups in total. The van der Waals surface area contributed by atoms with E-state index in [4.69, 9.17) is 0 Å². The van der Waals surface area contributed by atoms with E-state index in [2.05, 4.69) is 66.9 Å². The number of carboxylic acid groups (broad SMARTS) is 1. The fourth-order valence-electron chi connectivity index (χ4n) is 6.02. The molecule has 4 rings (SSSR count). The first-order chi connectivity index (χ1) is 22.7. The van der Waals surface area contributed by atoms with Crippen LogP contribution in [0, 0.1) is 5.92 Å². The summed E-state index contributed by atoms with van der Waals surface area (Å²) in [6.07, 6.45) is 4.01. The number of nitrogens with one attached hydrogen (secondary N) is 2. The molecule has 0 aliphatic carbocycles. The molecule has 7 nitrogen and oxygen atoms in total. The molecule has 4 aromatic rings. The molecule has 2 amide bonds. The van der Waals surface area contributed by atoms with Gasteiger partial charge in [-0.3, -0.25) is 14.5 Å². The largest absolute Gasteiger partial charge is 0.480 e. The molecule has 0 aliphatic rings. The third-order valence-electron chi connectivity index (χ3n) is 8.19. The topological polar surface area (TPSA) is 98.7 Å². The Morgan fingerprint density at radius 1 is 0.787 bits per heavy atom. The Hall–Kier alpha value is -4.14. The molecule has 0 radical (unpaired) electrons. The second kappa shape index (κ2) is 18.3. The predicted molar refractivity (Wildman–Crippen MR) is 193 cm³/mol. The first-order valence-electron chi connectivity index (χ1n) is 16.3. The Morgan fingerprint density at radius 2 is 1.45 bits per heavy atom. The number of nitrogens with zero attached hydrogens (tertiary/aromatic N) is 1. The third-order valence-corrected chi connectivity index (χ3v) is 8.84. The van der Waals surface area contributed by atoms with Crippen molar-refractivity contribution in [1.82, 2.24) is 15.5 Å². The lowest BCUT2D eigenvalue weighted by molar-refractivity contribution is -0.142. The molecule has 248 valence electrons. The van der Waals surface area contributed by atoms with E-state index >= 15 is 0 Å². The zero-order valence-corrected chi connectivity index (χ0v) is 28.5. The standard InChI is InChI=1S/C39H47N3O4S/c1-28(2)22-34(40-37(43)24-32-16-8-7-15-31(32)23-29-12-5-4-6-13-29)26-42(27-38(44)41-36(39(45)46)20-21-47-3)25-33-18-11-17-30-14-9-10-19-35(30)33/h4-19,28,34,36H,20-27H2,1-3H3,(H,40,43)(H,41,44)(H,45,46). The molecule has 47 heavy (non-hydrogen) atoms. The molecule has 4 aromatic carbocycles. The van der Waals surface area contributed by atoms with Crippen LogP contribution >= 0.6 is 11.8 Å². The summed E-state index contributed by atoms with van der Waals surface area (Å²) in [5.74, 6) is -0.502. The predicted octanol–water partition coefficient (Wildman–Crippen LogP) is 6.33. The summed E-state index contributed by atoms with van der Waals surface area (Å²) < 4.78 is 0. The SMILES string of the molecule is CSCCC(NC(=O)CN(Cc1cccc2ccccc12)CC(CC(C)C)NC(=O)Cc1ccccc1Cc1ccccc1)C(=O)O. The van der Waals surface area contributed by atoms with Crippen molar-refractivity contribution in [3.8, 4) is 0 Å². The smallest absolute Gasteiger partial charge is 0.326 e. The number of carbonyl (C=O) groups is 3. The maximum Gasteiger partial charge on any atom is 0.326 e. The fraction of sp³-hybridized carbons (Fsp3) is 0.359. The van der Waals surface area contributed by atoms with Gasteiger partial charge >= 0.3 is 5.97 Å². The van der Waals surface area contributed by atoms with E-state index in [1.807, 2.05) is 65.8 Å². The molecule has 0 aromatic heterocycles. The van der Waals surface area contributed by atoms with Crippen LogP contribution in [-0.4, -0.2) is 65.0 Å². The summed E-state index contributed by atoms with van der Waals surface area (Å²) in [5.41, 5.74) is 4.38. The van der Waals surface area contributed by atoms with Crippen molar-refractivity contribution in [1.29, 1.82) is 0 Å². The molecular formula is C39H47N3O4S. The van der Waals surface area contributed by atoms with Crippen LogP contribution in [0.4, 0.5) is 0 Å². The van der Waals surface area contributed by atoms with Crippen molar-refractivity contribution in [2.75, 3.05) is 25.1 Å². The number of carboxylic acids is 1. The van der Waals surface area contributed by atoms with Crippen LogP contribution in [0.2, 0.25) is 0 Å². The zero-order chi connectivity index (χ0) is 33.6. The molecule has 0 fully saturated rings. The van der Waals surface area contributed by atoms with Gasteiger partial charge in [0.25, 0.3) is 0 Å². The molecular weight excluding hydrogens is 607 g/mol. The summed E-state index contributed by atoms with van der Waals surface area (Å²) in [6, 6.07) is 31.4. The first-order valence-corrected chi connectivity index (χ1v) is 17.7. The number of fused-ring (bicyclic) bond motifs is 1. The van der Waals surface area contributed by atoms with E-state index < -0.39 is 12.0 Å². The van der Waals surface area contributed by atoms with Crippen LogP contribution in [0.3, 0.4) is 0 Å². The van der Waals surface area contributed by atoms with E-state index in [1.165, 1.54) is 5.56 Å². The Morgan fingerprint density at radius 3 is 2.17 bits per heavy atom. The van der Waals surface area contributed by atoms with Crippen molar-refractivity contribution in [2.24, 2.45) is 5.92 Å². The molecule has 2 unspecified atom stereocenters. The average molecular weight is 654 g/mol. The van der Waals surface area contributed by atoms with Gasteiger partial charge in [-0.25, -0.2) is 4.79 Å². The van der Waals surface area contributed by atoms with Gasteiger partial charge in [-0.15, -0.1) is 0 Å². The van der Waals surface area contributed by atoms with Crippen LogP contribution in [0.15, 0.2) is 97.1 Å². The highest BCUT2D eigenvalue weighted by Crippen LogP contribution is 2.21. The minimum absolute atomic E-state index is 0.0106. The number of benzene rings is 4. The zero-order valence-electron chi connectivity index (χ0n) is 27.7. The summed E-state index contributed by atoms with van der Waals surface area (Å²) in [5, 5.41) is 18.0. The lowest BCUT2D eigenvalue weighted by Crippen LogP contribution is -2.49. The Bertz CT molecular complexity index is 1610. The minimum Gasteiger partial charge on any atom is -0.480 e. The minimum atomic E-state index is -1.04. The Kier molecular flexibility index (Phi) is 13.9. The highest BCUT2D eigenvalue weighted by atomic mass is 32.2. The van der Waals surface area contributed by atoms with Gasteiger partial charge in [0.05, 0.1) is 13.0 Å². The van der Waals surface area contributed by atoms with Crippen molar-refractivity contribution >= 4 is 40.3 Å². The van der Waals surface area contributed by atoms with E-state index in [-0.39, 0.29) is 30.8 Å². The normalized spacial score (nSPS) is 12.6. The Labute approximate surface area is 283 Å². The van der Waals surface area contributed by atoms with Crippen molar-refractivity contribution in [3.63, 3.8) is 0 Å². The van der Waals surface area contributed by atoms with E-state index in [1.54, 1.807) is 11.8 Å². The van der Waals surface area contributed by atoms with E-state index in [0.29, 0.717) is 31.2 Å². The molecule has 0 heterocycles. The molecule has 0 spiro atoms. The lowest BCUT2D eigenvalue weighted by Gasteiger charge is -2.30. The number of hydrogen-bond donors (Lipinski definition) is 3. The maximum absolute atomic E-state index is 13.6. The summed E-state index contributed by atoms with van der Waals surface area (Å²) >= 11 is 1.55.